The number of aliphatic hydroxyl groups excluding tert-OH is 1. The van der Waals surface area contributed by atoms with E-state index in [-0.39, 0.29) is 30.3 Å². The highest BCUT2D eigenvalue weighted by atomic mass is 32.1. The minimum Gasteiger partial charge on any atom is -0.476 e. The van der Waals surface area contributed by atoms with E-state index in [2.05, 4.69) is 10.3 Å². The topological polar surface area (TPSA) is 103 Å². The Morgan fingerprint density at radius 3 is 2.95 bits per heavy atom. The molecule has 2 amide bonds. The lowest BCUT2D eigenvalue weighted by Crippen LogP contribution is -2.39. The zero-order valence-corrected chi connectivity index (χ0v) is 11.9. The molecular formula is C12H17N3O4S. The Morgan fingerprint density at radius 1 is 1.65 bits per heavy atom. The van der Waals surface area contributed by atoms with E-state index in [1.54, 1.807) is 11.8 Å². The molecule has 0 spiro atoms. The van der Waals surface area contributed by atoms with Gasteiger partial charge in [-0.1, -0.05) is 0 Å². The maximum Gasteiger partial charge on any atom is 0.355 e. The van der Waals surface area contributed by atoms with Gasteiger partial charge in [0.25, 0.3) is 0 Å². The number of aromatic nitrogens is 1. The summed E-state index contributed by atoms with van der Waals surface area (Å²) in [6.07, 6.45) is 0.804. The third-order valence-corrected chi connectivity index (χ3v) is 4.31. The molecule has 0 aromatic carbocycles. The van der Waals surface area contributed by atoms with Gasteiger partial charge in [-0.25, -0.2) is 14.6 Å². The number of nitrogens with zero attached hydrogens (tertiary/aromatic N) is 2. The molecule has 1 aliphatic rings. The molecular weight excluding hydrogens is 282 g/mol. The lowest BCUT2D eigenvalue weighted by Gasteiger charge is -2.19. The fourth-order valence-corrected chi connectivity index (χ4v) is 2.89. The molecule has 0 saturated carbocycles. The van der Waals surface area contributed by atoms with E-state index in [0.717, 1.165) is 6.42 Å². The summed E-state index contributed by atoms with van der Waals surface area (Å²) in [5.41, 5.74) is -0.00684. The highest BCUT2D eigenvalue weighted by molar-refractivity contribution is 7.09. The van der Waals surface area contributed by atoms with E-state index >= 15 is 0 Å². The van der Waals surface area contributed by atoms with Crippen LogP contribution < -0.4 is 5.32 Å². The molecule has 20 heavy (non-hydrogen) atoms. The fraction of sp³-hybridized carbons (Fsp3) is 0.583. The first kappa shape index (κ1) is 14.7. The van der Waals surface area contributed by atoms with Crippen LogP contribution in [0.25, 0.3) is 0 Å². The van der Waals surface area contributed by atoms with Gasteiger partial charge in [0.2, 0.25) is 0 Å². The number of carbonyl (C=O) groups is 2. The normalized spacial score (nSPS) is 19.9. The van der Waals surface area contributed by atoms with Gasteiger partial charge in [0.15, 0.2) is 5.69 Å². The first-order chi connectivity index (χ1) is 9.51. The standard InChI is InChI=1S/C12H17N3O4S/c1-7(10-14-9(6-20-10)11(17)18)13-12(19)15-3-2-8(4-15)5-16/h6-8,16H,2-5H2,1H3,(H,13,19)(H,17,18). The minimum atomic E-state index is -1.07. The fourth-order valence-electron chi connectivity index (χ4n) is 2.09. The Bertz CT molecular complexity index is 505. The molecule has 2 atom stereocenters. The van der Waals surface area contributed by atoms with Crippen LogP contribution in [-0.4, -0.2) is 51.8 Å². The third-order valence-electron chi connectivity index (χ3n) is 3.28. The first-order valence-corrected chi connectivity index (χ1v) is 7.24. The molecule has 0 radical (unpaired) electrons. The number of carbonyl (C=O) groups excluding carboxylic acids is 1. The van der Waals surface area contributed by atoms with Crippen LogP contribution in [0.15, 0.2) is 5.38 Å². The van der Waals surface area contributed by atoms with Gasteiger partial charge in [0.05, 0.1) is 6.04 Å². The van der Waals surface area contributed by atoms with Crippen molar-refractivity contribution < 1.29 is 19.8 Å². The molecule has 1 aliphatic heterocycles. The average Bonchev–Trinajstić information content (AvgIpc) is 3.07. The molecule has 8 heteroatoms. The number of likely N-dealkylation sites (tertiary alicyclic amines) is 1. The van der Waals surface area contributed by atoms with Crippen LogP contribution in [0.1, 0.15) is 34.9 Å². The Hall–Kier alpha value is -1.67. The predicted octanol–water partition coefficient (Wildman–Crippen LogP) is 0.926. The number of carboxylic acid groups (broad SMARTS) is 1. The number of aliphatic hydroxyl groups is 1. The molecule has 2 unspecified atom stereocenters. The van der Waals surface area contributed by atoms with E-state index in [4.69, 9.17) is 10.2 Å². The molecule has 1 fully saturated rings. The number of rotatable bonds is 4. The SMILES string of the molecule is CC(NC(=O)N1CCC(CO)C1)c1nc(C(=O)O)cs1. The van der Waals surface area contributed by atoms with Gasteiger partial charge in [0, 0.05) is 31.0 Å². The summed E-state index contributed by atoms with van der Waals surface area (Å²) in [6.45, 7) is 3.03. The molecule has 0 bridgehead atoms. The van der Waals surface area contributed by atoms with E-state index < -0.39 is 5.97 Å². The van der Waals surface area contributed by atoms with Gasteiger partial charge in [0.1, 0.15) is 5.01 Å². The lowest BCUT2D eigenvalue weighted by molar-refractivity contribution is 0.0691. The van der Waals surface area contributed by atoms with E-state index in [0.29, 0.717) is 18.1 Å². The van der Waals surface area contributed by atoms with E-state index in [1.165, 1.54) is 16.7 Å². The number of nitrogens with one attached hydrogen (secondary N) is 1. The van der Waals surface area contributed by atoms with Crippen LogP contribution in [0.2, 0.25) is 0 Å². The van der Waals surface area contributed by atoms with Crippen LogP contribution >= 0.6 is 11.3 Å². The minimum absolute atomic E-state index is 0.00684. The van der Waals surface area contributed by atoms with Crippen molar-refractivity contribution in [2.24, 2.45) is 5.92 Å². The van der Waals surface area contributed by atoms with Crippen molar-refractivity contribution in [1.29, 1.82) is 0 Å². The summed E-state index contributed by atoms with van der Waals surface area (Å²) >= 11 is 1.21. The van der Waals surface area contributed by atoms with E-state index in [9.17, 15) is 9.59 Å². The molecule has 2 heterocycles. The first-order valence-electron chi connectivity index (χ1n) is 6.36. The maximum absolute atomic E-state index is 12.0. The Labute approximate surface area is 120 Å². The largest absolute Gasteiger partial charge is 0.476 e. The summed E-state index contributed by atoms with van der Waals surface area (Å²) in [7, 11) is 0. The second kappa shape index (κ2) is 6.19. The Kier molecular flexibility index (Phi) is 4.56. The summed E-state index contributed by atoms with van der Waals surface area (Å²) in [5, 5.41) is 22.7. The quantitative estimate of drug-likeness (QED) is 0.767. The Morgan fingerprint density at radius 2 is 2.40 bits per heavy atom. The molecule has 3 N–H and O–H groups in total. The molecule has 7 nitrogen and oxygen atoms in total. The van der Waals surface area contributed by atoms with Gasteiger partial charge in [-0.3, -0.25) is 0 Å². The highest BCUT2D eigenvalue weighted by Gasteiger charge is 2.27. The number of aromatic carboxylic acids is 1. The number of thiazole rings is 1. The van der Waals surface area contributed by atoms with Gasteiger partial charge in [-0.05, 0) is 13.3 Å². The van der Waals surface area contributed by atoms with Crippen molar-refractivity contribution in [1.82, 2.24) is 15.2 Å². The third kappa shape index (κ3) is 3.26. The van der Waals surface area contributed by atoms with Crippen molar-refractivity contribution in [2.45, 2.75) is 19.4 Å². The predicted molar refractivity (Wildman–Crippen MR) is 72.8 cm³/mol. The molecule has 1 saturated heterocycles. The number of hydrogen-bond acceptors (Lipinski definition) is 5. The second-order valence-corrected chi connectivity index (χ2v) is 5.72. The number of hydrogen-bond donors (Lipinski definition) is 3. The number of carboxylic acids is 1. The highest BCUT2D eigenvalue weighted by Crippen LogP contribution is 2.20. The van der Waals surface area contributed by atoms with Gasteiger partial charge in [-0.2, -0.15) is 0 Å². The van der Waals surface area contributed by atoms with Crippen LogP contribution in [0, 0.1) is 5.92 Å². The average molecular weight is 299 g/mol. The smallest absolute Gasteiger partial charge is 0.355 e. The summed E-state index contributed by atoms with van der Waals surface area (Å²) in [4.78, 5) is 28.4. The van der Waals surface area contributed by atoms with Crippen molar-refractivity contribution in [3.8, 4) is 0 Å². The van der Waals surface area contributed by atoms with Crippen LogP contribution in [-0.2, 0) is 0 Å². The van der Waals surface area contributed by atoms with Crippen LogP contribution in [0.4, 0.5) is 4.79 Å². The second-order valence-electron chi connectivity index (χ2n) is 4.83. The molecule has 1 aromatic heterocycles. The van der Waals surface area contributed by atoms with Crippen molar-refractivity contribution in [2.75, 3.05) is 19.7 Å². The Balaban J connectivity index is 1.92. The molecule has 0 aliphatic carbocycles. The lowest BCUT2D eigenvalue weighted by atomic mass is 10.1. The molecule has 2 rings (SSSR count). The van der Waals surface area contributed by atoms with Crippen molar-refractivity contribution in [3.63, 3.8) is 0 Å². The zero-order valence-electron chi connectivity index (χ0n) is 11.1. The van der Waals surface area contributed by atoms with Crippen LogP contribution in [0.3, 0.4) is 0 Å². The zero-order chi connectivity index (χ0) is 14.7. The van der Waals surface area contributed by atoms with Crippen LogP contribution in [0.5, 0.6) is 0 Å². The molecule has 110 valence electrons. The van der Waals surface area contributed by atoms with Crippen molar-refractivity contribution in [3.05, 3.63) is 16.1 Å². The van der Waals surface area contributed by atoms with Gasteiger partial charge < -0.3 is 20.4 Å². The monoisotopic (exact) mass is 299 g/mol. The molecule has 1 aromatic rings. The summed E-state index contributed by atoms with van der Waals surface area (Å²) < 4.78 is 0. The number of urea groups is 1. The van der Waals surface area contributed by atoms with E-state index in [1.807, 2.05) is 0 Å². The summed E-state index contributed by atoms with van der Waals surface area (Å²) in [5.74, 6) is -0.925. The summed E-state index contributed by atoms with van der Waals surface area (Å²) in [6, 6.07) is -0.547. The maximum atomic E-state index is 12.0. The van der Waals surface area contributed by atoms with Gasteiger partial charge >= 0.3 is 12.0 Å². The van der Waals surface area contributed by atoms with Crippen molar-refractivity contribution >= 4 is 23.3 Å². The number of amides is 2. The van der Waals surface area contributed by atoms with Gasteiger partial charge in [-0.15, -0.1) is 11.3 Å².